The lowest BCUT2D eigenvalue weighted by atomic mass is 10.1. The number of nitrogens with zero attached hydrogens (tertiary/aromatic N) is 1. The summed E-state index contributed by atoms with van der Waals surface area (Å²) in [6, 6.07) is 16.0. The average molecular weight is 406 g/mol. The van der Waals surface area contributed by atoms with Crippen molar-refractivity contribution in [3.63, 3.8) is 0 Å². The molecule has 0 aliphatic heterocycles. The van der Waals surface area contributed by atoms with Gasteiger partial charge >= 0.3 is 0 Å². The van der Waals surface area contributed by atoms with Crippen LogP contribution < -0.4 is 21.5 Å². The van der Waals surface area contributed by atoms with E-state index < -0.39 is 11.9 Å². The summed E-state index contributed by atoms with van der Waals surface area (Å²) in [4.78, 5) is 28.4. The molecule has 5 N–H and O–H groups in total. The van der Waals surface area contributed by atoms with E-state index in [-0.39, 0.29) is 5.91 Å². The van der Waals surface area contributed by atoms with Gasteiger partial charge in [-0.15, -0.1) is 0 Å². The molecule has 0 aliphatic rings. The van der Waals surface area contributed by atoms with Crippen molar-refractivity contribution in [2.75, 3.05) is 6.54 Å². The summed E-state index contributed by atoms with van der Waals surface area (Å²) >= 11 is 0. The van der Waals surface area contributed by atoms with E-state index >= 15 is 0 Å². The van der Waals surface area contributed by atoms with Gasteiger partial charge in [0.05, 0.1) is 0 Å². The fourth-order valence-corrected chi connectivity index (χ4v) is 3.13. The van der Waals surface area contributed by atoms with E-state index in [9.17, 15) is 9.59 Å². The van der Waals surface area contributed by atoms with Gasteiger partial charge in [0.25, 0.3) is 5.91 Å². The van der Waals surface area contributed by atoms with E-state index in [1.165, 1.54) is 0 Å². The number of unbranched alkanes of at least 4 members (excludes halogenated alkanes) is 1. The molecule has 1 atom stereocenters. The van der Waals surface area contributed by atoms with E-state index in [2.05, 4.69) is 10.3 Å². The number of benzene rings is 2. The molecule has 0 saturated heterocycles. The number of hydrogen-bond donors (Lipinski definition) is 3. The fourth-order valence-electron chi connectivity index (χ4n) is 3.13. The van der Waals surface area contributed by atoms with Crippen LogP contribution in [0.25, 0.3) is 10.9 Å². The maximum absolute atomic E-state index is 12.4. The number of carbonyl (C=O) groups is 2. The van der Waals surface area contributed by atoms with Gasteiger partial charge in [-0.05, 0) is 55.6 Å². The summed E-state index contributed by atoms with van der Waals surface area (Å²) in [6.07, 6.45) is 3.71. The molecule has 3 aromatic rings. The zero-order valence-electron chi connectivity index (χ0n) is 16.7. The van der Waals surface area contributed by atoms with Crippen LogP contribution in [0.3, 0.4) is 0 Å². The number of fused-ring (bicyclic) bond motifs is 1. The Kier molecular flexibility index (Phi) is 7.34. The maximum atomic E-state index is 12.4. The topological polar surface area (TPSA) is 120 Å². The molecule has 7 heteroatoms. The molecule has 0 spiro atoms. The first-order valence-corrected chi connectivity index (χ1v) is 9.94. The number of ether oxygens (including phenoxy) is 1. The zero-order chi connectivity index (χ0) is 21.3. The number of nitrogens with one attached hydrogen (secondary N) is 1. The molecular weight excluding hydrogens is 380 g/mol. The number of primary amides is 1. The number of nitrogens with two attached hydrogens (primary N) is 2. The van der Waals surface area contributed by atoms with E-state index in [1.54, 1.807) is 18.3 Å². The van der Waals surface area contributed by atoms with Crippen LogP contribution in [-0.4, -0.2) is 29.4 Å². The van der Waals surface area contributed by atoms with Crippen molar-refractivity contribution in [2.24, 2.45) is 11.5 Å². The summed E-state index contributed by atoms with van der Waals surface area (Å²) in [7, 11) is 0. The van der Waals surface area contributed by atoms with Crippen LogP contribution in [0.5, 0.6) is 5.75 Å². The van der Waals surface area contributed by atoms with Crippen molar-refractivity contribution in [3.8, 4) is 5.75 Å². The van der Waals surface area contributed by atoms with Gasteiger partial charge in [0.2, 0.25) is 5.91 Å². The third kappa shape index (κ3) is 5.55. The molecule has 1 aromatic heterocycles. The molecule has 2 amide bonds. The van der Waals surface area contributed by atoms with Crippen molar-refractivity contribution in [1.82, 2.24) is 10.3 Å². The van der Waals surface area contributed by atoms with Crippen LogP contribution in [0.15, 0.2) is 60.8 Å². The van der Waals surface area contributed by atoms with Crippen LogP contribution in [0, 0.1) is 0 Å². The minimum Gasteiger partial charge on any atom is -0.487 e. The lowest BCUT2D eigenvalue weighted by Crippen LogP contribution is -2.44. The number of carbonyl (C=O) groups excluding carboxylic acids is 2. The van der Waals surface area contributed by atoms with Gasteiger partial charge in [-0.25, -0.2) is 0 Å². The second kappa shape index (κ2) is 10.4. The Balaban J connectivity index is 1.60. The Morgan fingerprint density at radius 1 is 1.03 bits per heavy atom. The quantitative estimate of drug-likeness (QED) is 0.447. The average Bonchev–Trinajstić information content (AvgIpc) is 2.77. The van der Waals surface area contributed by atoms with Crippen molar-refractivity contribution in [2.45, 2.75) is 31.9 Å². The Bertz CT molecular complexity index is 1000. The predicted octanol–water partition coefficient (Wildman–Crippen LogP) is 2.53. The Morgan fingerprint density at radius 3 is 2.53 bits per heavy atom. The summed E-state index contributed by atoms with van der Waals surface area (Å²) in [5.41, 5.74) is 13.0. The Labute approximate surface area is 175 Å². The molecule has 30 heavy (non-hydrogen) atoms. The highest BCUT2D eigenvalue weighted by Crippen LogP contribution is 2.23. The maximum Gasteiger partial charge on any atom is 0.251 e. The monoisotopic (exact) mass is 406 g/mol. The molecule has 0 radical (unpaired) electrons. The van der Waals surface area contributed by atoms with Gasteiger partial charge in [0.1, 0.15) is 23.9 Å². The van der Waals surface area contributed by atoms with Crippen LogP contribution in [0.2, 0.25) is 0 Å². The first-order chi connectivity index (χ1) is 14.6. The number of aromatic nitrogens is 1. The van der Waals surface area contributed by atoms with Crippen molar-refractivity contribution >= 4 is 22.7 Å². The van der Waals surface area contributed by atoms with E-state index in [4.69, 9.17) is 16.2 Å². The zero-order valence-corrected chi connectivity index (χ0v) is 16.7. The standard InChI is InChI=1S/C23H26N4O3/c24-13-2-1-7-19(22(25)28)27-23(29)18-11-9-16(10-12-18)15-30-20-8-3-5-17-6-4-14-26-21(17)20/h3-6,8-12,14,19H,1-2,7,13,15,24H2,(H2,25,28)(H,27,29). The van der Waals surface area contributed by atoms with Crippen LogP contribution in [0.4, 0.5) is 0 Å². The molecule has 0 saturated carbocycles. The highest BCUT2D eigenvalue weighted by molar-refractivity contribution is 5.97. The fraction of sp³-hybridized carbons (Fsp3) is 0.261. The van der Waals surface area contributed by atoms with Crippen LogP contribution in [0.1, 0.15) is 35.2 Å². The summed E-state index contributed by atoms with van der Waals surface area (Å²) in [5, 5.41) is 3.71. The van der Waals surface area contributed by atoms with Gasteiger partial charge < -0.3 is 21.5 Å². The SMILES string of the molecule is NCCCCC(NC(=O)c1ccc(COc2cccc3cccnc23)cc1)C(N)=O. The van der Waals surface area contributed by atoms with Crippen molar-refractivity contribution in [3.05, 3.63) is 71.9 Å². The van der Waals surface area contributed by atoms with Crippen molar-refractivity contribution < 1.29 is 14.3 Å². The minimum absolute atomic E-state index is 0.336. The van der Waals surface area contributed by atoms with E-state index in [0.29, 0.717) is 30.9 Å². The third-order valence-corrected chi connectivity index (χ3v) is 4.80. The number of para-hydroxylation sites is 1. The van der Waals surface area contributed by atoms with Crippen LogP contribution >= 0.6 is 0 Å². The largest absolute Gasteiger partial charge is 0.487 e. The molecule has 3 rings (SSSR count). The second-order valence-corrected chi connectivity index (χ2v) is 7.03. The number of hydrogen-bond acceptors (Lipinski definition) is 5. The molecule has 0 bridgehead atoms. The normalized spacial score (nSPS) is 11.8. The van der Waals surface area contributed by atoms with Gasteiger partial charge in [-0.1, -0.05) is 30.3 Å². The van der Waals surface area contributed by atoms with Gasteiger partial charge in [-0.2, -0.15) is 0 Å². The highest BCUT2D eigenvalue weighted by atomic mass is 16.5. The van der Waals surface area contributed by atoms with Crippen molar-refractivity contribution in [1.29, 1.82) is 0 Å². The van der Waals surface area contributed by atoms with E-state index in [0.717, 1.165) is 29.3 Å². The summed E-state index contributed by atoms with van der Waals surface area (Å²) < 4.78 is 5.92. The molecule has 1 heterocycles. The van der Waals surface area contributed by atoms with Crippen LogP contribution in [-0.2, 0) is 11.4 Å². The minimum atomic E-state index is -0.703. The molecule has 2 aromatic carbocycles. The number of pyridine rings is 1. The van der Waals surface area contributed by atoms with Gasteiger partial charge in [-0.3, -0.25) is 14.6 Å². The molecule has 7 nitrogen and oxygen atoms in total. The Morgan fingerprint density at radius 2 is 1.80 bits per heavy atom. The van der Waals surface area contributed by atoms with Gasteiger partial charge in [0, 0.05) is 17.1 Å². The summed E-state index contributed by atoms with van der Waals surface area (Å²) in [6.45, 7) is 0.887. The van der Waals surface area contributed by atoms with Gasteiger partial charge in [0.15, 0.2) is 0 Å². The molecule has 1 unspecified atom stereocenters. The molecule has 156 valence electrons. The third-order valence-electron chi connectivity index (χ3n) is 4.80. The summed E-state index contributed by atoms with van der Waals surface area (Å²) in [5.74, 6) is -0.178. The lowest BCUT2D eigenvalue weighted by molar-refractivity contribution is -0.120. The first-order valence-electron chi connectivity index (χ1n) is 9.94. The molecule has 0 aliphatic carbocycles. The number of amides is 2. The molecule has 0 fully saturated rings. The number of rotatable bonds is 10. The Hall–Kier alpha value is -3.45. The molecular formula is C23H26N4O3. The van der Waals surface area contributed by atoms with E-state index in [1.807, 2.05) is 42.5 Å². The highest BCUT2D eigenvalue weighted by Gasteiger charge is 2.18. The predicted molar refractivity (Wildman–Crippen MR) is 116 cm³/mol. The lowest BCUT2D eigenvalue weighted by Gasteiger charge is -2.15. The smallest absolute Gasteiger partial charge is 0.251 e. The first kappa shape index (κ1) is 21.3. The second-order valence-electron chi connectivity index (χ2n) is 7.03.